The molecular formula is C42H45ClN8O5. The van der Waals surface area contributed by atoms with Crippen molar-refractivity contribution in [2.45, 2.75) is 76.2 Å². The van der Waals surface area contributed by atoms with E-state index in [4.69, 9.17) is 27.9 Å². The first-order valence-electron chi connectivity index (χ1n) is 19.7. The van der Waals surface area contributed by atoms with Crippen LogP contribution in [-0.4, -0.2) is 104 Å². The van der Waals surface area contributed by atoms with Gasteiger partial charge in [-0.3, -0.25) is 29.4 Å². The van der Waals surface area contributed by atoms with Gasteiger partial charge in [-0.25, -0.2) is 9.83 Å². The highest BCUT2D eigenvalue weighted by Gasteiger charge is 2.46. The predicted octanol–water partition coefficient (Wildman–Crippen LogP) is 5.45. The van der Waals surface area contributed by atoms with Gasteiger partial charge in [0.25, 0.3) is 11.8 Å². The number of nitrogens with zero attached hydrogens (tertiary/aromatic N) is 7. The number of fused-ring (bicyclic) bond motifs is 1. The van der Waals surface area contributed by atoms with Gasteiger partial charge in [0.05, 0.1) is 41.8 Å². The Morgan fingerprint density at radius 1 is 0.839 bits per heavy atom. The van der Waals surface area contributed by atoms with Gasteiger partial charge in [0.15, 0.2) is 0 Å². The molecule has 9 rings (SSSR count). The third-order valence-electron chi connectivity index (χ3n) is 12.9. The van der Waals surface area contributed by atoms with Crippen LogP contribution >= 0.6 is 11.6 Å². The smallest absolute Gasteiger partial charge is 0.262 e. The molecule has 3 aromatic rings. The fourth-order valence-electron chi connectivity index (χ4n) is 9.67. The van der Waals surface area contributed by atoms with Crippen LogP contribution < -0.4 is 24.9 Å². The van der Waals surface area contributed by atoms with Crippen LogP contribution in [0.1, 0.15) is 72.6 Å². The monoisotopic (exact) mass is 776 g/mol. The SMILES string of the molecule is [C-]#[N+]c1ccc(N2CC3(CCN(c4ccc(N5CCC(OC6CN(c7ccc8c(c7)C(=O)N(C7CCC(=O)NC7=O)C8=O)C6)CC5)nc4)CC3)C[C@@H]2C)cc1Cl. The Morgan fingerprint density at radius 2 is 1.57 bits per heavy atom. The van der Waals surface area contributed by atoms with Crippen LogP contribution in [0.15, 0.2) is 54.7 Å². The summed E-state index contributed by atoms with van der Waals surface area (Å²) in [5.41, 5.74) is 4.48. The van der Waals surface area contributed by atoms with Crippen molar-refractivity contribution in [1.29, 1.82) is 0 Å². The standard InChI is InChI=1S/C42H45ClN8O5/c1-26-21-42(25-50(26)28-4-7-35(44-2)34(43)20-28)13-17-47(18-14-42)29-5-9-37(45-22-29)48-15-11-30(12-16-48)56-31-23-49(24-31)27-3-6-32-33(19-27)41(55)51(40(32)54)36-8-10-38(52)46-39(36)53/h3-7,9,19-20,22,26,30-31,36H,8,10-18,21,23-25H2,1H3,(H,46,52,53)/t26-,36?/m0/s1. The van der Waals surface area contributed by atoms with E-state index in [1.165, 1.54) is 5.69 Å². The molecule has 0 aliphatic carbocycles. The van der Waals surface area contributed by atoms with Crippen LogP contribution in [-0.2, 0) is 14.3 Å². The number of imide groups is 2. The Morgan fingerprint density at radius 3 is 2.27 bits per heavy atom. The molecule has 0 radical (unpaired) electrons. The summed E-state index contributed by atoms with van der Waals surface area (Å²) in [5.74, 6) is -0.992. The molecule has 1 unspecified atom stereocenters. The molecule has 2 atom stereocenters. The van der Waals surface area contributed by atoms with Gasteiger partial charge >= 0.3 is 0 Å². The number of carbonyl (C=O) groups excluding carboxylic acids is 4. The molecule has 1 N–H and O–H groups in total. The third kappa shape index (κ3) is 6.62. The summed E-state index contributed by atoms with van der Waals surface area (Å²) in [7, 11) is 0. The molecule has 290 valence electrons. The van der Waals surface area contributed by atoms with Gasteiger partial charge in [-0.15, -0.1) is 0 Å². The van der Waals surface area contributed by atoms with E-state index in [1.54, 1.807) is 12.1 Å². The van der Waals surface area contributed by atoms with Crippen molar-refractivity contribution >= 4 is 63.8 Å². The average molecular weight is 777 g/mol. The lowest BCUT2D eigenvalue weighted by Crippen LogP contribution is -2.54. The summed E-state index contributed by atoms with van der Waals surface area (Å²) in [5, 5.41) is 2.76. The number of hydrogen-bond acceptors (Lipinski definition) is 10. The second kappa shape index (κ2) is 14.4. The minimum Gasteiger partial charge on any atom is -0.371 e. The van der Waals surface area contributed by atoms with Crippen molar-refractivity contribution in [2.24, 2.45) is 5.41 Å². The van der Waals surface area contributed by atoms with E-state index in [0.717, 1.165) is 86.9 Å². The molecule has 6 aliphatic heterocycles. The molecule has 1 aromatic heterocycles. The predicted molar refractivity (Wildman–Crippen MR) is 213 cm³/mol. The lowest BCUT2D eigenvalue weighted by Gasteiger charge is -2.43. The number of nitrogens with one attached hydrogen (secondary N) is 1. The van der Waals surface area contributed by atoms with Crippen molar-refractivity contribution in [2.75, 3.05) is 65.4 Å². The number of ether oxygens (including phenoxy) is 1. The van der Waals surface area contributed by atoms with Gasteiger partial charge in [0.1, 0.15) is 11.9 Å². The molecule has 2 aromatic carbocycles. The summed E-state index contributed by atoms with van der Waals surface area (Å²) in [4.78, 5) is 69.1. The molecule has 7 heterocycles. The first-order valence-corrected chi connectivity index (χ1v) is 20.1. The summed E-state index contributed by atoms with van der Waals surface area (Å²) >= 11 is 6.39. The molecule has 4 amide bonds. The quantitative estimate of drug-likeness (QED) is 0.245. The van der Waals surface area contributed by atoms with Crippen molar-refractivity contribution in [3.05, 3.63) is 82.3 Å². The number of halogens is 1. The maximum Gasteiger partial charge on any atom is 0.262 e. The lowest BCUT2D eigenvalue weighted by atomic mass is 9.76. The minimum atomic E-state index is -0.973. The number of carbonyl (C=O) groups is 4. The number of benzene rings is 2. The zero-order valence-corrected chi connectivity index (χ0v) is 32.2. The van der Waals surface area contributed by atoms with Crippen LogP contribution in [0.2, 0.25) is 5.02 Å². The largest absolute Gasteiger partial charge is 0.371 e. The molecule has 0 bridgehead atoms. The fraction of sp³-hybridized carbons (Fsp3) is 0.476. The second-order valence-corrected chi connectivity index (χ2v) is 16.7. The number of hydrogen-bond donors (Lipinski definition) is 1. The zero-order valence-electron chi connectivity index (χ0n) is 31.5. The molecule has 5 fully saturated rings. The van der Waals surface area contributed by atoms with Gasteiger partial charge in [-0.05, 0) is 93.3 Å². The average Bonchev–Trinajstić information content (AvgIpc) is 3.64. The number of rotatable bonds is 7. The van der Waals surface area contributed by atoms with Crippen LogP contribution in [0.5, 0.6) is 0 Å². The Hall–Kier alpha value is -5.19. The van der Waals surface area contributed by atoms with Gasteiger partial charge < -0.3 is 24.3 Å². The first-order chi connectivity index (χ1) is 27.1. The highest BCUT2D eigenvalue weighted by Crippen LogP contribution is 2.46. The minimum absolute atomic E-state index is 0.0872. The molecule has 1 spiro atoms. The van der Waals surface area contributed by atoms with E-state index in [1.807, 2.05) is 30.5 Å². The maximum atomic E-state index is 13.3. The molecule has 0 saturated carbocycles. The van der Waals surface area contributed by atoms with Crippen LogP contribution in [0, 0.1) is 12.0 Å². The van der Waals surface area contributed by atoms with E-state index in [-0.39, 0.29) is 36.0 Å². The maximum absolute atomic E-state index is 13.3. The van der Waals surface area contributed by atoms with Crippen molar-refractivity contribution < 1.29 is 23.9 Å². The Bertz CT molecular complexity index is 2120. The molecular weight excluding hydrogens is 732 g/mol. The topological polar surface area (TPSA) is 123 Å². The highest BCUT2D eigenvalue weighted by molar-refractivity contribution is 6.33. The second-order valence-electron chi connectivity index (χ2n) is 16.3. The number of piperidine rings is 3. The fourth-order valence-corrected chi connectivity index (χ4v) is 9.88. The number of pyridine rings is 1. The van der Waals surface area contributed by atoms with Crippen molar-refractivity contribution in [1.82, 2.24) is 15.2 Å². The summed E-state index contributed by atoms with van der Waals surface area (Å²) < 4.78 is 6.49. The highest BCUT2D eigenvalue weighted by atomic mass is 35.5. The molecule has 5 saturated heterocycles. The van der Waals surface area contributed by atoms with Gasteiger partial charge in [0.2, 0.25) is 17.5 Å². The van der Waals surface area contributed by atoms with E-state index < -0.39 is 29.7 Å². The first kappa shape index (κ1) is 36.4. The van der Waals surface area contributed by atoms with Gasteiger partial charge in [0, 0.05) is 74.7 Å². The van der Waals surface area contributed by atoms with Crippen molar-refractivity contribution in [3.63, 3.8) is 0 Å². The van der Waals surface area contributed by atoms with Gasteiger partial charge in [-0.2, -0.15) is 0 Å². The number of anilines is 4. The molecule has 14 heteroatoms. The van der Waals surface area contributed by atoms with Crippen LogP contribution in [0.4, 0.5) is 28.6 Å². The summed E-state index contributed by atoms with van der Waals surface area (Å²) in [6, 6.07) is 14.9. The Labute approximate surface area is 331 Å². The normalized spacial score (nSPS) is 24.1. The Kier molecular flexibility index (Phi) is 9.37. The molecule has 56 heavy (non-hydrogen) atoms. The van der Waals surface area contributed by atoms with E-state index >= 15 is 0 Å². The zero-order chi connectivity index (χ0) is 38.7. The number of amides is 4. The lowest BCUT2D eigenvalue weighted by molar-refractivity contribution is -0.136. The van der Waals surface area contributed by atoms with Crippen molar-refractivity contribution in [3.8, 4) is 0 Å². The van der Waals surface area contributed by atoms with Crippen LogP contribution in [0.25, 0.3) is 4.85 Å². The van der Waals surface area contributed by atoms with Crippen LogP contribution in [0.3, 0.4) is 0 Å². The van der Waals surface area contributed by atoms with Gasteiger partial charge in [-0.1, -0.05) is 17.7 Å². The Balaban J connectivity index is 0.725. The van der Waals surface area contributed by atoms with E-state index in [9.17, 15) is 19.2 Å². The third-order valence-corrected chi connectivity index (χ3v) is 13.2. The van der Waals surface area contributed by atoms with E-state index in [0.29, 0.717) is 35.4 Å². The summed E-state index contributed by atoms with van der Waals surface area (Å²) in [6.07, 6.45) is 7.78. The number of aromatic nitrogens is 1. The molecule has 6 aliphatic rings. The van der Waals surface area contributed by atoms with E-state index in [2.05, 4.69) is 48.8 Å². The summed E-state index contributed by atoms with van der Waals surface area (Å²) in [6.45, 7) is 15.8. The molecule has 13 nitrogen and oxygen atoms in total.